The lowest BCUT2D eigenvalue weighted by molar-refractivity contribution is 0.0776. The van der Waals surface area contributed by atoms with Crippen LogP contribution in [0, 0.1) is 0 Å². The minimum absolute atomic E-state index is 0.0429. The van der Waals surface area contributed by atoms with Crippen LogP contribution in [0.15, 0.2) is 24.3 Å². The largest absolute Gasteiger partial charge is 0.321 e. The molecule has 0 unspecified atom stereocenters. The van der Waals surface area contributed by atoms with Gasteiger partial charge in [0.2, 0.25) is 0 Å². The number of rotatable bonds is 3. The average Bonchev–Trinajstić information content (AvgIpc) is 2.91. The number of aryl methyl sites for hydroxylation is 1. The van der Waals surface area contributed by atoms with Crippen LogP contribution >= 0.6 is 0 Å². The van der Waals surface area contributed by atoms with E-state index in [1.165, 1.54) is 31.5 Å². The first-order valence-electron chi connectivity index (χ1n) is 7.66. The van der Waals surface area contributed by atoms with Crippen molar-refractivity contribution >= 4 is 11.7 Å². The van der Waals surface area contributed by atoms with Crippen molar-refractivity contribution < 1.29 is 4.79 Å². The summed E-state index contributed by atoms with van der Waals surface area (Å²) in [5, 5.41) is 3.04. The van der Waals surface area contributed by atoms with Crippen molar-refractivity contribution in [2.24, 2.45) is 0 Å². The Morgan fingerprint density at radius 3 is 2.65 bits per heavy atom. The van der Waals surface area contributed by atoms with Crippen molar-refractivity contribution in [3.05, 3.63) is 29.8 Å². The van der Waals surface area contributed by atoms with E-state index in [-0.39, 0.29) is 6.03 Å². The highest BCUT2D eigenvalue weighted by atomic mass is 16.2. The highest BCUT2D eigenvalue weighted by molar-refractivity contribution is 5.90. The Bertz CT molecular complexity index is 476. The lowest BCUT2D eigenvalue weighted by Crippen LogP contribution is -2.61. The Balaban J connectivity index is 1.53. The lowest BCUT2D eigenvalue weighted by Gasteiger charge is -2.43. The molecule has 2 saturated heterocycles. The van der Waals surface area contributed by atoms with Crippen LogP contribution in [0.5, 0.6) is 0 Å². The second-order valence-electron chi connectivity index (χ2n) is 5.74. The number of para-hydroxylation sites is 1. The third kappa shape index (κ3) is 2.66. The second kappa shape index (κ2) is 5.83. The zero-order valence-corrected chi connectivity index (χ0v) is 12.1. The molecule has 108 valence electrons. The number of anilines is 1. The van der Waals surface area contributed by atoms with Crippen LogP contribution in [0.1, 0.15) is 25.3 Å². The summed E-state index contributed by atoms with van der Waals surface area (Å²) in [6.45, 7) is 6.27. The lowest BCUT2D eigenvalue weighted by atomic mass is 10.1. The number of carbonyl (C=O) groups excluding carboxylic acids is 1. The van der Waals surface area contributed by atoms with Gasteiger partial charge in [0, 0.05) is 24.8 Å². The van der Waals surface area contributed by atoms with Crippen molar-refractivity contribution in [1.82, 2.24) is 9.80 Å². The molecule has 3 rings (SSSR count). The van der Waals surface area contributed by atoms with Crippen molar-refractivity contribution in [1.29, 1.82) is 0 Å². The number of nitrogens with zero attached hydrogens (tertiary/aromatic N) is 2. The maximum absolute atomic E-state index is 12.2. The Kier molecular flexibility index (Phi) is 3.92. The molecule has 0 saturated carbocycles. The third-order valence-corrected chi connectivity index (χ3v) is 4.45. The summed E-state index contributed by atoms with van der Waals surface area (Å²) in [5.41, 5.74) is 2.14. The summed E-state index contributed by atoms with van der Waals surface area (Å²) in [7, 11) is 0. The van der Waals surface area contributed by atoms with E-state index in [9.17, 15) is 4.79 Å². The molecule has 2 aliphatic rings. The summed E-state index contributed by atoms with van der Waals surface area (Å²) in [6, 6.07) is 8.66. The third-order valence-electron chi connectivity index (χ3n) is 4.45. The molecule has 1 aromatic rings. The molecule has 1 N–H and O–H groups in total. The van der Waals surface area contributed by atoms with Gasteiger partial charge in [-0.15, -0.1) is 0 Å². The van der Waals surface area contributed by atoms with Gasteiger partial charge in [-0.05, 0) is 44.0 Å². The Morgan fingerprint density at radius 2 is 1.95 bits per heavy atom. The zero-order chi connectivity index (χ0) is 13.9. The monoisotopic (exact) mass is 273 g/mol. The topological polar surface area (TPSA) is 35.6 Å². The highest BCUT2D eigenvalue weighted by Crippen LogP contribution is 2.22. The number of carbonyl (C=O) groups is 1. The smallest absolute Gasteiger partial charge is 0.321 e. The standard InChI is InChI=1S/C16H23N3O/c1-2-13-7-3-4-8-15(13)17-16(20)19-11-14(12-19)18-9-5-6-10-18/h3-4,7-8,14H,2,5-6,9-12H2,1H3,(H,17,20). The fourth-order valence-electron chi connectivity index (χ4n) is 3.10. The fraction of sp³-hybridized carbons (Fsp3) is 0.562. The van der Waals surface area contributed by atoms with E-state index in [4.69, 9.17) is 0 Å². The maximum Gasteiger partial charge on any atom is 0.321 e. The van der Waals surface area contributed by atoms with E-state index in [0.29, 0.717) is 6.04 Å². The van der Waals surface area contributed by atoms with Gasteiger partial charge in [-0.2, -0.15) is 0 Å². The number of nitrogens with one attached hydrogen (secondary N) is 1. The molecule has 0 radical (unpaired) electrons. The zero-order valence-electron chi connectivity index (χ0n) is 12.1. The number of amides is 2. The van der Waals surface area contributed by atoms with Crippen molar-refractivity contribution in [3.8, 4) is 0 Å². The molecule has 0 atom stereocenters. The van der Waals surface area contributed by atoms with Gasteiger partial charge < -0.3 is 10.2 Å². The van der Waals surface area contributed by atoms with Gasteiger partial charge in [0.25, 0.3) is 0 Å². The summed E-state index contributed by atoms with van der Waals surface area (Å²) >= 11 is 0. The van der Waals surface area contributed by atoms with Gasteiger partial charge in [0.1, 0.15) is 0 Å². The molecule has 1 aromatic carbocycles. The predicted octanol–water partition coefficient (Wildman–Crippen LogP) is 2.56. The molecule has 4 nitrogen and oxygen atoms in total. The molecule has 2 fully saturated rings. The fourth-order valence-corrected chi connectivity index (χ4v) is 3.10. The molecule has 4 heteroatoms. The first kappa shape index (κ1) is 13.4. The van der Waals surface area contributed by atoms with Crippen LogP contribution in [-0.2, 0) is 6.42 Å². The molecule has 2 amide bonds. The van der Waals surface area contributed by atoms with E-state index in [0.717, 1.165) is 25.2 Å². The van der Waals surface area contributed by atoms with Gasteiger partial charge >= 0.3 is 6.03 Å². The molecule has 2 aliphatic heterocycles. The van der Waals surface area contributed by atoms with Crippen molar-refractivity contribution in [2.75, 3.05) is 31.5 Å². The normalized spacial score (nSPS) is 19.9. The second-order valence-corrected chi connectivity index (χ2v) is 5.74. The molecule has 0 spiro atoms. The Labute approximate surface area is 120 Å². The van der Waals surface area contributed by atoms with Crippen LogP contribution in [-0.4, -0.2) is 48.1 Å². The van der Waals surface area contributed by atoms with Crippen LogP contribution < -0.4 is 5.32 Å². The first-order chi connectivity index (χ1) is 9.78. The van der Waals surface area contributed by atoms with Crippen molar-refractivity contribution in [2.45, 2.75) is 32.2 Å². The van der Waals surface area contributed by atoms with Crippen molar-refractivity contribution in [3.63, 3.8) is 0 Å². The van der Waals surface area contributed by atoms with E-state index in [2.05, 4.69) is 23.2 Å². The predicted molar refractivity (Wildman–Crippen MR) is 81.0 cm³/mol. The molecule has 0 bridgehead atoms. The number of likely N-dealkylation sites (tertiary alicyclic amines) is 2. The van der Waals surface area contributed by atoms with Crippen LogP contribution in [0.4, 0.5) is 10.5 Å². The van der Waals surface area contributed by atoms with Gasteiger partial charge in [0.15, 0.2) is 0 Å². The quantitative estimate of drug-likeness (QED) is 0.918. The molecule has 2 heterocycles. The minimum Gasteiger partial charge on any atom is -0.321 e. The number of hydrogen-bond acceptors (Lipinski definition) is 2. The molecular weight excluding hydrogens is 250 g/mol. The van der Waals surface area contributed by atoms with Gasteiger partial charge in [-0.1, -0.05) is 25.1 Å². The summed E-state index contributed by atoms with van der Waals surface area (Å²) in [4.78, 5) is 16.6. The molecule has 0 aromatic heterocycles. The summed E-state index contributed by atoms with van der Waals surface area (Å²) in [5.74, 6) is 0. The van der Waals surface area contributed by atoms with E-state index < -0.39 is 0 Å². The molecule has 0 aliphatic carbocycles. The number of hydrogen-bond donors (Lipinski definition) is 1. The van der Waals surface area contributed by atoms with Gasteiger partial charge in [0.05, 0.1) is 0 Å². The average molecular weight is 273 g/mol. The summed E-state index contributed by atoms with van der Waals surface area (Å²) in [6.07, 6.45) is 3.56. The SMILES string of the molecule is CCc1ccccc1NC(=O)N1CC(N2CCCC2)C1. The van der Waals surface area contributed by atoms with E-state index >= 15 is 0 Å². The van der Waals surface area contributed by atoms with E-state index in [1.807, 2.05) is 23.1 Å². The first-order valence-corrected chi connectivity index (χ1v) is 7.66. The van der Waals surface area contributed by atoms with Gasteiger partial charge in [-0.3, -0.25) is 4.90 Å². The minimum atomic E-state index is 0.0429. The Hall–Kier alpha value is -1.55. The molecular formula is C16H23N3O. The van der Waals surface area contributed by atoms with Crippen LogP contribution in [0.3, 0.4) is 0 Å². The number of benzene rings is 1. The number of urea groups is 1. The maximum atomic E-state index is 12.2. The summed E-state index contributed by atoms with van der Waals surface area (Å²) < 4.78 is 0. The van der Waals surface area contributed by atoms with Crippen LogP contribution in [0.2, 0.25) is 0 Å². The molecule has 20 heavy (non-hydrogen) atoms. The van der Waals surface area contributed by atoms with Gasteiger partial charge in [-0.25, -0.2) is 4.79 Å². The van der Waals surface area contributed by atoms with Crippen LogP contribution in [0.25, 0.3) is 0 Å². The Morgan fingerprint density at radius 1 is 1.25 bits per heavy atom. The van der Waals surface area contributed by atoms with E-state index in [1.54, 1.807) is 0 Å². The highest BCUT2D eigenvalue weighted by Gasteiger charge is 2.35.